The second kappa shape index (κ2) is 6.89. The van der Waals surface area contributed by atoms with Crippen LogP contribution in [0.5, 0.6) is 5.75 Å². The van der Waals surface area contributed by atoms with Crippen molar-refractivity contribution >= 4 is 58.1 Å². The Morgan fingerprint density at radius 2 is 1.83 bits per heavy atom. The number of fused-ring (bicyclic) bond motifs is 1. The van der Waals surface area contributed by atoms with Gasteiger partial charge in [-0.05, 0) is 36.4 Å². The third kappa shape index (κ3) is 3.75. The summed E-state index contributed by atoms with van der Waals surface area (Å²) in [7, 11) is 0. The molecule has 3 rings (SSSR count). The predicted molar refractivity (Wildman–Crippen MR) is 94.4 cm³/mol. The number of hydrogen-bond acceptors (Lipinski definition) is 4. The van der Waals surface area contributed by atoms with Crippen LogP contribution < -0.4 is 15.0 Å². The molecule has 1 aliphatic heterocycles. The van der Waals surface area contributed by atoms with Crippen LogP contribution in [0.25, 0.3) is 0 Å². The number of rotatable bonds is 3. The Morgan fingerprint density at radius 3 is 2.62 bits per heavy atom. The summed E-state index contributed by atoms with van der Waals surface area (Å²) < 4.78 is 5.14. The second-order valence-electron chi connectivity index (χ2n) is 5.11. The molecule has 24 heavy (non-hydrogen) atoms. The van der Waals surface area contributed by atoms with Crippen molar-refractivity contribution in [2.24, 2.45) is 0 Å². The molecule has 0 fully saturated rings. The average Bonchev–Trinajstić information content (AvgIpc) is 2.51. The van der Waals surface area contributed by atoms with E-state index in [-0.39, 0.29) is 19.0 Å². The number of halogens is 3. The number of ether oxygens (including phenoxy) is 1. The van der Waals surface area contributed by atoms with E-state index in [0.29, 0.717) is 32.2 Å². The van der Waals surface area contributed by atoms with Crippen LogP contribution in [0.4, 0.5) is 11.4 Å². The van der Waals surface area contributed by atoms with E-state index in [1.165, 1.54) is 0 Å². The van der Waals surface area contributed by atoms with Crippen molar-refractivity contribution in [3.8, 4) is 5.75 Å². The van der Waals surface area contributed by atoms with E-state index in [4.69, 9.17) is 39.5 Å². The maximum Gasteiger partial charge on any atom is 0.331 e. The fraction of sp³-hybridized carbons (Fsp3) is 0.125. The number of benzene rings is 2. The van der Waals surface area contributed by atoms with Crippen LogP contribution in [0.1, 0.15) is 0 Å². The van der Waals surface area contributed by atoms with Crippen molar-refractivity contribution in [1.82, 2.24) is 0 Å². The molecule has 1 amide bonds. The van der Waals surface area contributed by atoms with Gasteiger partial charge in [-0.25, -0.2) is 4.79 Å². The van der Waals surface area contributed by atoms with Crippen molar-refractivity contribution in [1.29, 1.82) is 0 Å². The van der Waals surface area contributed by atoms with Gasteiger partial charge in [0.15, 0.2) is 5.75 Å². The quantitative estimate of drug-likeness (QED) is 0.640. The Kier molecular flexibility index (Phi) is 4.85. The fourth-order valence-corrected chi connectivity index (χ4v) is 2.82. The molecule has 0 saturated heterocycles. The summed E-state index contributed by atoms with van der Waals surface area (Å²) in [6.07, 6.45) is 0. The van der Waals surface area contributed by atoms with Crippen molar-refractivity contribution in [2.75, 3.05) is 23.3 Å². The van der Waals surface area contributed by atoms with Gasteiger partial charge in [-0.1, -0.05) is 34.8 Å². The molecule has 0 unspecified atom stereocenters. The minimum absolute atomic E-state index is 0.0515. The third-order valence-corrected chi connectivity index (χ3v) is 4.14. The summed E-state index contributed by atoms with van der Waals surface area (Å²) in [4.78, 5) is 25.6. The zero-order valence-corrected chi connectivity index (χ0v) is 14.5. The van der Waals surface area contributed by atoms with Crippen LogP contribution in [0, 0.1) is 0 Å². The molecular formula is C16H11Cl3N2O3. The third-order valence-electron chi connectivity index (χ3n) is 3.34. The number of carbonyl (C=O) groups is 2. The molecule has 0 radical (unpaired) electrons. The lowest BCUT2D eigenvalue weighted by atomic mass is 10.2. The zero-order valence-electron chi connectivity index (χ0n) is 12.2. The Balaban J connectivity index is 1.78. The molecule has 0 aliphatic carbocycles. The van der Waals surface area contributed by atoms with Crippen LogP contribution in [0.15, 0.2) is 36.4 Å². The van der Waals surface area contributed by atoms with Crippen molar-refractivity contribution < 1.29 is 14.3 Å². The minimum Gasteiger partial charge on any atom is -0.423 e. The molecular weight excluding hydrogens is 375 g/mol. The standard InChI is InChI=1S/C16H11Cl3N2O3/c17-9-1-3-11(19)12(5-9)20-15(22)7-21-8-16(23)24-14-4-2-10(18)6-13(14)21/h1-6H,7-8H2,(H,20,22). The van der Waals surface area contributed by atoms with Gasteiger partial charge in [-0.3, -0.25) is 4.79 Å². The van der Waals surface area contributed by atoms with E-state index in [2.05, 4.69) is 5.32 Å². The Morgan fingerprint density at radius 1 is 1.12 bits per heavy atom. The summed E-state index contributed by atoms with van der Waals surface area (Å²) in [6.45, 7) is -0.116. The molecule has 1 heterocycles. The number of nitrogens with one attached hydrogen (secondary N) is 1. The highest BCUT2D eigenvalue weighted by atomic mass is 35.5. The summed E-state index contributed by atoms with van der Waals surface area (Å²) in [5, 5.41) is 3.98. The van der Waals surface area contributed by atoms with E-state index in [0.717, 1.165) is 0 Å². The molecule has 1 aliphatic rings. The van der Waals surface area contributed by atoms with E-state index >= 15 is 0 Å². The molecule has 1 N–H and O–H groups in total. The van der Waals surface area contributed by atoms with Gasteiger partial charge < -0.3 is 15.0 Å². The Labute approximate surface area is 153 Å². The molecule has 8 heteroatoms. The van der Waals surface area contributed by atoms with Gasteiger partial charge in [0.05, 0.1) is 22.9 Å². The van der Waals surface area contributed by atoms with Crippen molar-refractivity contribution in [3.63, 3.8) is 0 Å². The van der Waals surface area contributed by atoms with Gasteiger partial charge in [0.25, 0.3) is 0 Å². The van der Waals surface area contributed by atoms with Crippen LogP contribution in [-0.2, 0) is 9.59 Å². The van der Waals surface area contributed by atoms with Crippen molar-refractivity contribution in [3.05, 3.63) is 51.5 Å². The summed E-state index contributed by atoms with van der Waals surface area (Å²) in [5.41, 5.74) is 0.981. The molecule has 0 bridgehead atoms. The average molecular weight is 386 g/mol. The maximum absolute atomic E-state index is 12.3. The molecule has 2 aromatic rings. The second-order valence-corrected chi connectivity index (χ2v) is 6.39. The molecule has 0 atom stereocenters. The lowest BCUT2D eigenvalue weighted by Crippen LogP contribution is -2.41. The maximum atomic E-state index is 12.3. The van der Waals surface area contributed by atoms with Gasteiger partial charge >= 0.3 is 5.97 Å². The van der Waals surface area contributed by atoms with Gasteiger partial charge in [0.1, 0.15) is 6.54 Å². The van der Waals surface area contributed by atoms with Gasteiger partial charge in [0, 0.05) is 10.0 Å². The molecule has 0 spiro atoms. The summed E-state index contributed by atoms with van der Waals surface area (Å²) in [6, 6.07) is 9.61. The largest absolute Gasteiger partial charge is 0.423 e. The topological polar surface area (TPSA) is 58.6 Å². The number of amides is 1. The lowest BCUT2D eigenvalue weighted by molar-refractivity contribution is -0.133. The van der Waals surface area contributed by atoms with E-state index in [1.807, 2.05) is 0 Å². The first-order valence-corrected chi connectivity index (χ1v) is 8.06. The summed E-state index contributed by atoms with van der Waals surface area (Å²) in [5.74, 6) is -0.428. The highest BCUT2D eigenvalue weighted by Gasteiger charge is 2.26. The zero-order chi connectivity index (χ0) is 17.3. The molecule has 124 valence electrons. The predicted octanol–water partition coefficient (Wildman–Crippen LogP) is 4.01. The SMILES string of the molecule is O=C(CN1CC(=O)Oc2ccc(Cl)cc21)Nc1cc(Cl)ccc1Cl. The number of esters is 1. The summed E-state index contributed by atoms with van der Waals surface area (Å²) >= 11 is 17.9. The molecule has 5 nitrogen and oxygen atoms in total. The first-order valence-electron chi connectivity index (χ1n) is 6.92. The van der Waals surface area contributed by atoms with E-state index in [9.17, 15) is 9.59 Å². The smallest absolute Gasteiger partial charge is 0.331 e. The highest BCUT2D eigenvalue weighted by molar-refractivity contribution is 6.35. The Hall–Kier alpha value is -1.95. The highest BCUT2D eigenvalue weighted by Crippen LogP contribution is 2.34. The monoisotopic (exact) mass is 384 g/mol. The number of carbonyl (C=O) groups excluding carboxylic acids is 2. The van der Waals surface area contributed by atoms with Crippen LogP contribution in [0.3, 0.4) is 0 Å². The normalized spacial score (nSPS) is 13.3. The molecule has 2 aromatic carbocycles. The Bertz CT molecular complexity index is 826. The van der Waals surface area contributed by atoms with Gasteiger partial charge in [0.2, 0.25) is 5.91 Å². The van der Waals surface area contributed by atoms with Gasteiger partial charge in [-0.15, -0.1) is 0 Å². The molecule has 0 aromatic heterocycles. The number of hydrogen-bond donors (Lipinski definition) is 1. The number of anilines is 2. The number of nitrogens with zero attached hydrogens (tertiary/aromatic N) is 1. The minimum atomic E-state index is -0.446. The first kappa shape index (κ1) is 16.9. The van der Waals surface area contributed by atoms with Crippen LogP contribution >= 0.6 is 34.8 Å². The van der Waals surface area contributed by atoms with E-state index in [1.54, 1.807) is 41.3 Å². The van der Waals surface area contributed by atoms with Crippen LogP contribution in [-0.4, -0.2) is 25.0 Å². The van der Waals surface area contributed by atoms with Crippen molar-refractivity contribution in [2.45, 2.75) is 0 Å². The fourth-order valence-electron chi connectivity index (χ4n) is 2.32. The van der Waals surface area contributed by atoms with E-state index < -0.39 is 5.97 Å². The molecule has 0 saturated carbocycles. The lowest BCUT2D eigenvalue weighted by Gasteiger charge is -2.29. The van der Waals surface area contributed by atoms with Crippen LogP contribution in [0.2, 0.25) is 15.1 Å². The van der Waals surface area contributed by atoms with Gasteiger partial charge in [-0.2, -0.15) is 0 Å². The first-order chi connectivity index (χ1) is 11.4.